The minimum atomic E-state index is -0.783. The average molecular weight is 278 g/mol. The molecule has 0 spiro atoms. The molecule has 0 fully saturated rings. The van der Waals surface area contributed by atoms with Crippen molar-refractivity contribution in [3.8, 4) is 0 Å². The number of rotatable bonds is 7. The van der Waals surface area contributed by atoms with Gasteiger partial charge in [-0.05, 0) is 25.8 Å². The Bertz CT molecular complexity index is 455. The van der Waals surface area contributed by atoms with Gasteiger partial charge in [-0.2, -0.15) is 0 Å². The maximum atomic E-state index is 12.3. The summed E-state index contributed by atoms with van der Waals surface area (Å²) in [6, 6.07) is 9.16. The lowest BCUT2D eigenvalue weighted by molar-refractivity contribution is -0.172. The van der Waals surface area contributed by atoms with E-state index in [1.54, 1.807) is 6.92 Å². The van der Waals surface area contributed by atoms with Crippen LogP contribution in [0.2, 0.25) is 0 Å². The van der Waals surface area contributed by atoms with Gasteiger partial charge in [0.2, 0.25) is 0 Å². The molecule has 0 saturated heterocycles. The number of ether oxygens (including phenoxy) is 2. The Morgan fingerprint density at radius 2 is 1.85 bits per heavy atom. The van der Waals surface area contributed by atoms with Gasteiger partial charge in [0.15, 0.2) is 6.10 Å². The Hall–Kier alpha value is -1.68. The van der Waals surface area contributed by atoms with Gasteiger partial charge in [-0.3, -0.25) is 4.79 Å². The zero-order chi connectivity index (χ0) is 15.2. The summed E-state index contributed by atoms with van der Waals surface area (Å²) in [5.74, 6) is -0.472. The van der Waals surface area contributed by atoms with Crippen LogP contribution in [-0.2, 0) is 19.1 Å². The molecule has 2 unspecified atom stereocenters. The van der Waals surface area contributed by atoms with Gasteiger partial charge < -0.3 is 9.47 Å². The number of Topliss-reactive ketones (excluding diaryl/α,β-unsaturated/α-hetero) is 1. The van der Waals surface area contributed by atoms with Crippen molar-refractivity contribution < 1.29 is 19.1 Å². The van der Waals surface area contributed by atoms with E-state index in [1.165, 1.54) is 14.0 Å². The largest absolute Gasteiger partial charge is 0.457 e. The molecular weight excluding hydrogens is 256 g/mol. The number of esters is 1. The molecule has 1 aromatic carbocycles. The summed E-state index contributed by atoms with van der Waals surface area (Å²) in [6.45, 7) is 5.15. The third-order valence-corrected chi connectivity index (χ3v) is 3.27. The minimum absolute atomic E-state index is 0.00386. The summed E-state index contributed by atoms with van der Waals surface area (Å²) in [7, 11) is 1.47. The molecule has 0 radical (unpaired) electrons. The van der Waals surface area contributed by atoms with Crippen LogP contribution >= 0.6 is 0 Å². The molecule has 110 valence electrons. The van der Waals surface area contributed by atoms with Gasteiger partial charge in [0.1, 0.15) is 11.4 Å². The molecule has 1 aromatic rings. The third kappa shape index (κ3) is 4.46. The number of carbonyl (C=O) groups is 2. The first kappa shape index (κ1) is 16.4. The normalized spacial score (nSPS) is 15.2. The first-order valence-corrected chi connectivity index (χ1v) is 6.72. The standard InChI is InChI=1S/C16H22O4/c1-5-16(3,11-12(2)17)20-15(18)14(19-4)13-9-7-6-8-10-13/h6-10,14H,5,11H2,1-4H3. The summed E-state index contributed by atoms with van der Waals surface area (Å²) in [4.78, 5) is 23.6. The van der Waals surface area contributed by atoms with Crippen molar-refractivity contribution in [2.24, 2.45) is 0 Å². The van der Waals surface area contributed by atoms with E-state index in [1.807, 2.05) is 37.3 Å². The second-order valence-corrected chi connectivity index (χ2v) is 5.13. The maximum Gasteiger partial charge on any atom is 0.340 e. The minimum Gasteiger partial charge on any atom is -0.457 e. The summed E-state index contributed by atoms with van der Waals surface area (Å²) in [5.41, 5.74) is -0.0460. The van der Waals surface area contributed by atoms with Gasteiger partial charge in [0.05, 0.1) is 0 Å². The molecule has 0 aromatic heterocycles. The Balaban J connectivity index is 2.84. The molecule has 20 heavy (non-hydrogen) atoms. The molecule has 0 bridgehead atoms. The Labute approximate surface area is 120 Å². The average Bonchev–Trinajstić information content (AvgIpc) is 2.39. The van der Waals surface area contributed by atoms with Crippen molar-refractivity contribution in [3.05, 3.63) is 35.9 Å². The van der Waals surface area contributed by atoms with Gasteiger partial charge >= 0.3 is 5.97 Å². The highest BCUT2D eigenvalue weighted by atomic mass is 16.6. The fraction of sp³-hybridized carbons (Fsp3) is 0.500. The molecule has 0 heterocycles. The van der Waals surface area contributed by atoms with Crippen LogP contribution in [0.3, 0.4) is 0 Å². The summed E-state index contributed by atoms with van der Waals surface area (Å²) < 4.78 is 10.8. The molecule has 4 heteroatoms. The smallest absolute Gasteiger partial charge is 0.340 e. The topological polar surface area (TPSA) is 52.6 Å². The van der Waals surface area contributed by atoms with E-state index in [0.717, 1.165) is 5.56 Å². The Kier molecular flexibility index (Phi) is 5.89. The lowest BCUT2D eigenvalue weighted by atomic mass is 9.96. The predicted molar refractivity (Wildman–Crippen MR) is 76.3 cm³/mol. The van der Waals surface area contributed by atoms with E-state index >= 15 is 0 Å². The van der Waals surface area contributed by atoms with Crippen molar-refractivity contribution in [1.29, 1.82) is 0 Å². The van der Waals surface area contributed by atoms with E-state index in [-0.39, 0.29) is 12.2 Å². The van der Waals surface area contributed by atoms with E-state index in [9.17, 15) is 9.59 Å². The van der Waals surface area contributed by atoms with Crippen molar-refractivity contribution in [3.63, 3.8) is 0 Å². The predicted octanol–water partition coefficient (Wildman–Crippen LogP) is 3.07. The van der Waals surface area contributed by atoms with Crippen LogP contribution in [0.25, 0.3) is 0 Å². The number of hydrogen-bond donors (Lipinski definition) is 0. The van der Waals surface area contributed by atoms with Gasteiger partial charge in [0, 0.05) is 13.5 Å². The highest BCUT2D eigenvalue weighted by molar-refractivity contribution is 5.79. The first-order valence-electron chi connectivity index (χ1n) is 6.72. The van der Waals surface area contributed by atoms with Crippen LogP contribution < -0.4 is 0 Å². The van der Waals surface area contributed by atoms with Crippen molar-refractivity contribution in [1.82, 2.24) is 0 Å². The van der Waals surface area contributed by atoms with E-state index < -0.39 is 17.7 Å². The molecule has 2 atom stereocenters. The molecule has 4 nitrogen and oxygen atoms in total. The van der Waals surface area contributed by atoms with E-state index in [2.05, 4.69) is 0 Å². The number of methoxy groups -OCH3 is 1. The monoisotopic (exact) mass is 278 g/mol. The second-order valence-electron chi connectivity index (χ2n) is 5.13. The SMILES string of the molecule is CCC(C)(CC(C)=O)OC(=O)C(OC)c1ccccc1. The summed E-state index contributed by atoms with van der Waals surface area (Å²) in [5, 5.41) is 0. The lowest BCUT2D eigenvalue weighted by Gasteiger charge is -2.29. The second kappa shape index (κ2) is 7.20. The lowest BCUT2D eigenvalue weighted by Crippen LogP contribution is -2.35. The zero-order valence-corrected chi connectivity index (χ0v) is 12.5. The highest BCUT2D eigenvalue weighted by Gasteiger charge is 2.32. The van der Waals surface area contributed by atoms with Gasteiger partial charge in [-0.25, -0.2) is 4.79 Å². The molecule has 1 rings (SSSR count). The van der Waals surface area contributed by atoms with Crippen LogP contribution in [0, 0.1) is 0 Å². The van der Waals surface area contributed by atoms with Crippen LogP contribution in [-0.4, -0.2) is 24.5 Å². The first-order chi connectivity index (χ1) is 9.41. The van der Waals surface area contributed by atoms with Crippen LogP contribution in [0.15, 0.2) is 30.3 Å². The quantitative estimate of drug-likeness (QED) is 0.719. The molecular formula is C16H22O4. The molecule has 0 amide bonds. The molecule has 0 saturated carbocycles. The van der Waals surface area contributed by atoms with Crippen molar-refractivity contribution in [2.45, 2.75) is 45.3 Å². The van der Waals surface area contributed by atoms with E-state index in [4.69, 9.17) is 9.47 Å². The fourth-order valence-corrected chi connectivity index (χ4v) is 2.05. The van der Waals surface area contributed by atoms with Crippen molar-refractivity contribution >= 4 is 11.8 Å². The van der Waals surface area contributed by atoms with Gasteiger partial charge in [0.25, 0.3) is 0 Å². The van der Waals surface area contributed by atoms with E-state index in [0.29, 0.717) is 6.42 Å². The molecule has 0 aliphatic carbocycles. The maximum absolute atomic E-state index is 12.3. The van der Waals surface area contributed by atoms with Crippen LogP contribution in [0.1, 0.15) is 45.3 Å². The molecule has 0 aliphatic rings. The molecule has 0 aliphatic heterocycles. The fourth-order valence-electron chi connectivity index (χ4n) is 2.05. The Morgan fingerprint density at radius 3 is 2.30 bits per heavy atom. The van der Waals surface area contributed by atoms with Gasteiger partial charge in [-0.1, -0.05) is 37.3 Å². The zero-order valence-electron chi connectivity index (χ0n) is 12.5. The number of carbonyl (C=O) groups excluding carboxylic acids is 2. The van der Waals surface area contributed by atoms with Crippen LogP contribution in [0.4, 0.5) is 0 Å². The highest BCUT2D eigenvalue weighted by Crippen LogP contribution is 2.26. The number of benzene rings is 1. The van der Waals surface area contributed by atoms with Crippen molar-refractivity contribution in [2.75, 3.05) is 7.11 Å². The number of hydrogen-bond acceptors (Lipinski definition) is 4. The van der Waals surface area contributed by atoms with Gasteiger partial charge in [-0.15, -0.1) is 0 Å². The number of ketones is 1. The molecule has 0 N–H and O–H groups in total. The third-order valence-electron chi connectivity index (χ3n) is 3.27. The Morgan fingerprint density at radius 1 is 1.25 bits per heavy atom. The summed E-state index contributed by atoms with van der Waals surface area (Å²) >= 11 is 0. The summed E-state index contributed by atoms with van der Waals surface area (Å²) in [6.07, 6.45) is 0.0123. The van der Waals surface area contributed by atoms with Crippen LogP contribution in [0.5, 0.6) is 0 Å².